The summed E-state index contributed by atoms with van der Waals surface area (Å²) in [5.41, 5.74) is 11.6. The van der Waals surface area contributed by atoms with Crippen LogP contribution in [0.3, 0.4) is 0 Å². The van der Waals surface area contributed by atoms with Crippen molar-refractivity contribution in [1.29, 1.82) is 0 Å². The number of hydrogen-bond donors (Lipinski definition) is 2. The Labute approximate surface area is 107 Å². The van der Waals surface area contributed by atoms with Crippen molar-refractivity contribution in [3.8, 4) is 0 Å². The van der Waals surface area contributed by atoms with Gasteiger partial charge in [-0.25, -0.2) is 0 Å². The molecule has 0 amide bonds. The summed E-state index contributed by atoms with van der Waals surface area (Å²) >= 11 is 0. The van der Waals surface area contributed by atoms with Crippen LogP contribution in [0, 0.1) is 0 Å². The van der Waals surface area contributed by atoms with Crippen molar-refractivity contribution in [3.63, 3.8) is 0 Å². The molecule has 4 N–H and O–H groups in total. The summed E-state index contributed by atoms with van der Waals surface area (Å²) in [6.45, 7) is 10.6. The average Bonchev–Trinajstić information content (AvgIpc) is 2.25. The second-order valence-corrected chi connectivity index (χ2v) is 11.0. The molecule has 0 rings (SSSR count). The Bertz CT molecular complexity index is 174. The normalized spacial score (nSPS) is 13.9. The smallest absolute Gasteiger partial charge is 0.0661 e. The Kier molecular flexibility index (Phi) is 10.1. The molecule has 0 saturated heterocycles. The maximum atomic E-state index is 6.05. The molecular formula is C12H30N2O2Si. The molecule has 1 unspecified atom stereocenters. The molecule has 0 aromatic rings. The van der Waals surface area contributed by atoms with E-state index < -0.39 is 8.07 Å². The van der Waals surface area contributed by atoms with E-state index in [9.17, 15) is 0 Å². The van der Waals surface area contributed by atoms with Gasteiger partial charge in [-0.15, -0.1) is 0 Å². The van der Waals surface area contributed by atoms with Gasteiger partial charge in [-0.3, -0.25) is 0 Å². The van der Waals surface area contributed by atoms with Gasteiger partial charge in [0.05, 0.1) is 14.7 Å². The van der Waals surface area contributed by atoms with Crippen LogP contribution < -0.4 is 11.5 Å². The summed E-state index contributed by atoms with van der Waals surface area (Å²) in [6.07, 6.45) is 3.04. The van der Waals surface area contributed by atoms with E-state index in [0.717, 1.165) is 39.1 Å². The van der Waals surface area contributed by atoms with Crippen LogP contribution in [0.4, 0.5) is 0 Å². The first-order valence-electron chi connectivity index (χ1n) is 6.59. The Morgan fingerprint density at radius 3 is 2.00 bits per heavy atom. The minimum atomic E-state index is -1.23. The van der Waals surface area contributed by atoms with Crippen LogP contribution >= 0.6 is 0 Å². The summed E-state index contributed by atoms with van der Waals surface area (Å²) in [5.74, 6) is 0. The first-order chi connectivity index (χ1) is 7.98. The van der Waals surface area contributed by atoms with Crippen LogP contribution in [0.5, 0.6) is 0 Å². The molecule has 1 atom stereocenters. The summed E-state index contributed by atoms with van der Waals surface area (Å²) in [7, 11) is -1.23. The maximum Gasteiger partial charge on any atom is 0.0661 e. The van der Waals surface area contributed by atoms with Crippen molar-refractivity contribution < 1.29 is 9.47 Å². The highest BCUT2D eigenvalue weighted by molar-refractivity contribution is 6.77. The minimum Gasteiger partial charge on any atom is -0.381 e. The Morgan fingerprint density at radius 1 is 0.941 bits per heavy atom. The summed E-state index contributed by atoms with van der Waals surface area (Å²) in [6, 6.07) is 0. The lowest BCUT2D eigenvalue weighted by molar-refractivity contribution is 0.102. The van der Waals surface area contributed by atoms with Gasteiger partial charge in [0, 0.05) is 25.5 Å². The molecule has 0 aliphatic rings. The molecule has 0 aromatic carbocycles. The minimum absolute atomic E-state index is 0.239. The standard InChI is InChI=1S/C12H30N2O2Si/c1-17(2,3)12(14)11-16-9-5-4-8-15-10-6-7-13/h12H,4-11,13-14H2,1-3H3. The number of nitrogens with two attached hydrogens (primary N) is 2. The highest BCUT2D eigenvalue weighted by Crippen LogP contribution is 2.05. The van der Waals surface area contributed by atoms with Gasteiger partial charge in [0.2, 0.25) is 0 Å². The topological polar surface area (TPSA) is 70.5 Å². The SMILES string of the molecule is C[Si](C)(C)C(N)COCCCCOCCCN. The number of rotatable bonds is 11. The molecule has 0 heterocycles. The third-order valence-electron chi connectivity index (χ3n) is 2.73. The zero-order valence-electron chi connectivity index (χ0n) is 11.7. The monoisotopic (exact) mass is 262 g/mol. The van der Waals surface area contributed by atoms with Crippen molar-refractivity contribution in [2.45, 2.75) is 44.6 Å². The van der Waals surface area contributed by atoms with E-state index in [2.05, 4.69) is 19.6 Å². The van der Waals surface area contributed by atoms with Gasteiger partial charge in [0.25, 0.3) is 0 Å². The Morgan fingerprint density at radius 2 is 1.47 bits per heavy atom. The lowest BCUT2D eigenvalue weighted by Gasteiger charge is -2.24. The van der Waals surface area contributed by atoms with Crippen LogP contribution in [0.1, 0.15) is 19.3 Å². The van der Waals surface area contributed by atoms with Gasteiger partial charge in [-0.1, -0.05) is 19.6 Å². The number of ether oxygens (including phenoxy) is 2. The van der Waals surface area contributed by atoms with Crippen LogP contribution in [-0.4, -0.2) is 46.7 Å². The van der Waals surface area contributed by atoms with Gasteiger partial charge in [-0.2, -0.15) is 0 Å². The average molecular weight is 262 g/mol. The van der Waals surface area contributed by atoms with Crippen molar-refractivity contribution in [1.82, 2.24) is 0 Å². The van der Waals surface area contributed by atoms with E-state index in [1.165, 1.54) is 0 Å². The van der Waals surface area contributed by atoms with Crippen molar-refractivity contribution >= 4 is 8.07 Å². The van der Waals surface area contributed by atoms with Crippen molar-refractivity contribution in [3.05, 3.63) is 0 Å². The molecule has 4 nitrogen and oxygen atoms in total. The first kappa shape index (κ1) is 17.1. The van der Waals surface area contributed by atoms with Crippen LogP contribution in [0.25, 0.3) is 0 Å². The zero-order chi connectivity index (χ0) is 13.1. The fourth-order valence-corrected chi connectivity index (χ4v) is 1.77. The van der Waals surface area contributed by atoms with E-state index in [-0.39, 0.29) is 5.67 Å². The lowest BCUT2D eigenvalue weighted by Crippen LogP contribution is -2.48. The highest BCUT2D eigenvalue weighted by atomic mass is 28.3. The predicted octanol–water partition coefficient (Wildman–Crippen LogP) is 1.35. The second kappa shape index (κ2) is 10.0. The molecule has 0 aliphatic carbocycles. The molecule has 104 valence electrons. The quantitative estimate of drug-likeness (QED) is 0.436. The third-order valence-corrected chi connectivity index (χ3v) is 5.12. The highest BCUT2D eigenvalue weighted by Gasteiger charge is 2.22. The van der Waals surface area contributed by atoms with E-state index in [1.807, 2.05) is 0 Å². The Hall–Kier alpha value is 0.0569. The molecular weight excluding hydrogens is 232 g/mol. The van der Waals surface area contributed by atoms with E-state index >= 15 is 0 Å². The zero-order valence-corrected chi connectivity index (χ0v) is 12.7. The first-order valence-corrected chi connectivity index (χ1v) is 10.2. The third kappa shape index (κ3) is 10.9. The lowest BCUT2D eigenvalue weighted by atomic mass is 10.3. The van der Waals surface area contributed by atoms with Gasteiger partial charge < -0.3 is 20.9 Å². The second-order valence-electron chi connectivity index (χ2n) is 5.51. The molecule has 0 spiro atoms. The van der Waals surface area contributed by atoms with Gasteiger partial charge in [0.15, 0.2) is 0 Å². The predicted molar refractivity (Wildman–Crippen MR) is 75.9 cm³/mol. The molecule has 17 heavy (non-hydrogen) atoms. The fourth-order valence-electron chi connectivity index (χ4n) is 1.16. The van der Waals surface area contributed by atoms with E-state index in [1.54, 1.807) is 0 Å². The largest absolute Gasteiger partial charge is 0.381 e. The fraction of sp³-hybridized carbons (Fsp3) is 1.00. The molecule has 0 bridgehead atoms. The Balaban J connectivity index is 3.19. The molecule has 0 aliphatic heterocycles. The van der Waals surface area contributed by atoms with Gasteiger partial charge >= 0.3 is 0 Å². The summed E-state index contributed by atoms with van der Waals surface area (Å²) in [5, 5.41) is 0. The van der Waals surface area contributed by atoms with Crippen LogP contribution in [-0.2, 0) is 9.47 Å². The van der Waals surface area contributed by atoms with E-state index in [0.29, 0.717) is 13.2 Å². The number of unbranched alkanes of at least 4 members (excludes halogenated alkanes) is 1. The van der Waals surface area contributed by atoms with Crippen LogP contribution in [0.15, 0.2) is 0 Å². The molecule has 0 saturated carbocycles. The van der Waals surface area contributed by atoms with Crippen molar-refractivity contribution in [2.24, 2.45) is 11.5 Å². The molecule has 0 fully saturated rings. The van der Waals surface area contributed by atoms with Crippen LogP contribution in [0.2, 0.25) is 19.6 Å². The number of hydrogen-bond acceptors (Lipinski definition) is 4. The van der Waals surface area contributed by atoms with Crippen molar-refractivity contribution in [2.75, 3.05) is 33.0 Å². The van der Waals surface area contributed by atoms with Gasteiger partial charge in [-0.05, 0) is 25.8 Å². The summed E-state index contributed by atoms with van der Waals surface area (Å²) in [4.78, 5) is 0. The van der Waals surface area contributed by atoms with Gasteiger partial charge in [0.1, 0.15) is 0 Å². The molecule has 0 radical (unpaired) electrons. The molecule has 5 heteroatoms. The maximum absolute atomic E-state index is 6.05. The molecule has 0 aromatic heterocycles. The summed E-state index contributed by atoms with van der Waals surface area (Å²) < 4.78 is 11.0. The van der Waals surface area contributed by atoms with E-state index in [4.69, 9.17) is 20.9 Å².